The van der Waals surface area contributed by atoms with Crippen LogP contribution in [0.15, 0.2) is 42.5 Å². The summed E-state index contributed by atoms with van der Waals surface area (Å²) in [6.07, 6.45) is -1.48. The highest BCUT2D eigenvalue weighted by Crippen LogP contribution is 2.33. The lowest BCUT2D eigenvalue weighted by atomic mass is 10.0. The van der Waals surface area contributed by atoms with Crippen LogP contribution in [0.4, 0.5) is 0 Å². The SMILES string of the molecule is C=C(C(=O)OC(C)(C)C)C(O)c1nc(C(=O)OC(C)(C)C)cc2c1[nH]c1ccccc12. The monoisotopic (exact) mass is 424 g/mol. The molecule has 0 aliphatic rings. The molecule has 0 aliphatic carbocycles. The van der Waals surface area contributed by atoms with Crippen LogP contribution >= 0.6 is 0 Å². The van der Waals surface area contributed by atoms with Crippen LogP contribution in [0.2, 0.25) is 0 Å². The summed E-state index contributed by atoms with van der Waals surface area (Å²) in [5.74, 6) is -1.37. The number of H-pyrrole nitrogens is 1. The zero-order valence-corrected chi connectivity index (χ0v) is 18.7. The molecule has 3 rings (SSSR count). The number of aromatic amines is 1. The number of benzene rings is 1. The fourth-order valence-corrected chi connectivity index (χ4v) is 3.12. The van der Waals surface area contributed by atoms with Gasteiger partial charge in [0, 0.05) is 16.3 Å². The number of nitrogens with zero attached hydrogens (tertiary/aromatic N) is 1. The van der Waals surface area contributed by atoms with Gasteiger partial charge in [-0.05, 0) is 53.7 Å². The molecule has 7 nitrogen and oxygen atoms in total. The molecule has 31 heavy (non-hydrogen) atoms. The zero-order chi connectivity index (χ0) is 23.1. The van der Waals surface area contributed by atoms with E-state index in [0.717, 1.165) is 10.9 Å². The van der Waals surface area contributed by atoms with Crippen molar-refractivity contribution in [3.05, 3.63) is 53.9 Å². The Balaban J connectivity index is 2.15. The van der Waals surface area contributed by atoms with Crippen LogP contribution in [0.5, 0.6) is 0 Å². The molecule has 0 fully saturated rings. The van der Waals surface area contributed by atoms with Gasteiger partial charge in [0.25, 0.3) is 0 Å². The first-order valence-electron chi connectivity index (χ1n) is 10.0. The third-order valence-corrected chi connectivity index (χ3v) is 4.38. The predicted octanol–water partition coefficient (Wildman–Crippen LogP) is 4.60. The first-order chi connectivity index (χ1) is 14.3. The lowest BCUT2D eigenvalue weighted by molar-refractivity contribution is -0.151. The highest BCUT2D eigenvalue weighted by molar-refractivity contribution is 6.10. The minimum atomic E-state index is -1.48. The topological polar surface area (TPSA) is 102 Å². The molecule has 2 heterocycles. The zero-order valence-electron chi connectivity index (χ0n) is 18.7. The van der Waals surface area contributed by atoms with E-state index in [2.05, 4.69) is 16.5 Å². The van der Waals surface area contributed by atoms with Gasteiger partial charge in [-0.15, -0.1) is 0 Å². The molecular formula is C24H28N2O5. The second-order valence-electron chi connectivity index (χ2n) is 9.42. The number of esters is 2. The summed E-state index contributed by atoms with van der Waals surface area (Å²) in [7, 11) is 0. The average Bonchev–Trinajstić information content (AvgIpc) is 3.02. The van der Waals surface area contributed by atoms with E-state index in [9.17, 15) is 14.7 Å². The number of nitrogens with one attached hydrogen (secondary N) is 1. The van der Waals surface area contributed by atoms with Gasteiger partial charge >= 0.3 is 11.9 Å². The van der Waals surface area contributed by atoms with Crippen LogP contribution in [0.1, 0.15) is 63.8 Å². The van der Waals surface area contributed by atoms with Crippen LogP contribution in [0, 0.1) is 0 Å². The van der Waals surface area contributed by atoms with Gasteiger partial charge in [0.15, 0.2) is 0 Å². The Hall–Kier alpha value is -3.19. The summed E-state index contributed by atoms with van der Waals surface area (Å²) in [6, 6.07) is 9.14. The van der Waals surface area contributed by atoms with Crippen molar-refractivity contribution < 1.29 is 24.2 Å². The third kappa shape index (κ3) is 4.94. The maximum atomic E-state index is 12.7. The van der Waals surface area contributed by atoms with Gasteiger partial charge in [-0.3, -0.25) is 0 Å². The molecule has 0 spiro atoms. The molecule has 1 atom stereocenters. The molecule has 0 radical (unpaired) electrons. The van der Waals surface area contributed by atoms with Crippen LogP contribution in [0.25, 0.3) is 21.8 Å². The Labute approximate surface area is 181 Å². The number of aliphatic hydroxyl groups is 1. The Morgan fingerprint density at radius 3 is 2.26 bits per heavy atom. The van der Waals surface area contributed by atoms with Gasteiger partial charge in [-0.1, -0.05) is 24.8 Å². The van der Waals surface area contributed by atoms with E-state index in [1.54, 1.807) is 47.6 Å². The lowest BCUT2D eigenvalue weighted by Crippen LogP contribution is -2.27. The molecule has 0 amide bonds. The Morgan fingerprint density at radius 1 is 1.03 bits per heavy atom. The summed E-state index contributed by atoms with van der Waals surface area (Å²) in [5, 5.41) is 12.5. The molecule has 0 bridgehead atoms. The van der Waals surface area contributed by atoms with Crippen molar-refractivity contribution in [1.29, 1.82) is 0 Å². The second-order valence-corrected chi connectivity index (χ2v) is 9.42. The van der Waals surface area contributed by atoms with Crippen molar-refractivity contribution in [2.75, 3.05) is 0 Å². The minimum Gasteiger partial charge on any atom is -0.457 e. The third-order valence-electron chi connectivity index (χ3n) is 4.38. The fraction of sp³-hybridized carbons (Fsp3) is 0.375. The van der Waals surface area contributed by atoms with Gasteiger partial charge in [0.2, 0.25) is 0 Å². The number of aliphatic hydroxyl groups excluding tert-OH is 1. The molecule has 164 valence electrons. The normalized spacial score (nSPS) is 13.3. The van der Waals surface area contributed by atoms with E-state index in [4.69, 9.17) is 9.47 Å². The summed E-state index contributed by atoms with van der Waals surface area (Å²) >= 11 is 0. The van der Waals surface area contributed by atoms with Crippen LogP contribution in [-0.4, -0.2) is 38.2 Å². The van der Waals surface area contributed by atoms with Crippen LogP contribution < -0.4 is 0 Å². The van der Waals surface area contributed by atoms with Gasteiger partial charge < -0.3 is 19.6 Å². The van der Waals surface area contributed by atoms with Crippen molar-refractivity contribution in [1.82, 2.24) is 9.97 Å². The van der Waals surface area contributed by atoms with E-state index in [-0.39, 0.29) is 17.0 Å². The molecule has 1 aromatic carbocycles. The number of rotatable bonds is 4. The quantitative estimate of drug-likeness (QED) is 0.469. The van der Waals surface area contributed by atoms with Crippen molar-refractivity contribution in [3.8, 4) is 0 Å². The Bertz CT molecular complexity index is 1180. The molecular weight excluding hydrogens is 396 g/mol. The van der Waals surface area contributed by atoms with E-state index < -0.39 is 29.2 Å². The maximum absolute atomic E-state index is 12.7. The van der Waals surface area contributed by atoms with Crippen LogP contribution in [0.3, 0.4) is 0 Å². The number of para-hydroxylation sites is 1. The molecule has 0 saturated carbocycles. The predicted molar refractivity (Wildman–Crippen MR) is 119 cm³/mol. The van der Waals surface area contributed by atoms with Gasteiger partial charge in [-0.2, -0.15) is 0 Å². The number of fused-ring (bicyclic) bond motifs is 3. The van der Waals surface area contributed by atoms with Crippen molar-refractivity contribution >= 4 is 33.7 Å². The van der Waals surface area contributed by atoms with Gasteiger partial charge in [0.1, 0.15) is 23.0 Å². The van der Waals surface area contributed by atoms with Crippen molar-refractivity contribution in [2.45, 2.75) is 58.8 Å². The van der Waals surface area contributed by atoms with Gasteiger partial charge in [0.05, 0.1) is 16.8 Å². The first-order valence-corrected chi connectivity index (χ1v) is 10.0. The first kappa shape index (κ1) is 22.5. The highest BCUT2D eigenvalue weighted by Gasteiger charge is 2.29. The largest absolute Gasteiger partial charge is 0.457 e. The molecule has 1 unspecified atom stereocenters. The van der Waals surface area contributed by atoms with Gasteiger partial charge in [-0.25, -0.2) is 14.6 Å². The summed E-state index contributed by atoms with van der Waals surface area (Å²) < 4.78 is 10.8. The average molecular weight is 424 g/mol. The minimum absolute atomic E-state index is 0.0261. The molecule has 0 aliphatic heterocycles. The van der Waals surface area contributed by atoms with E-state index in [1.807, 2.05) is 24.3 Å². The molecule has 7 heteroatoms. The second kappa shape index (κ2) is 7.81. The smallest absolute Gasteiger partial charge is 0.357 e. The van der Waals surface area contributed by atoms with Crippen molar-refractivity contribution in [2.24, 2.45) is 0 Å². The fourth-order valence-electron chi connectivity index (χ4n) is 3.12. The number of aromatic nitrogens is 2. The molecule has 2 N–H and O–H groups in total. The number of carbonyl (C=O) groups is 2. The number of pyridine rings is 1. The number of hydrogen-bond acceptors (Lipinski definition) is 6. The van der Waals surface area contributed by atoms with E-state index in [1.165, 1.54) is 0 Å². The maximum Gasteiger partial charge on any atom is 0.357 e. The molecule has 0 saturated heterocycles. The Morgan fingerprint density at radius 2 is 1.65 bits per heavy atom. The summed E-state index contributed by atoms with van der Waals surface area (Å²) in [4.78, 5) is 32.8. The standard InChI is InChI=1S/C24H28N2O5/c1-13(21(28)30-23(2,3)4)20(27)19-18-15(14-10-8-9-11-16(14)25-18)12-17(26-19)22(29)31-24(5,6)7/h8-12,20,25,27H,1H2,2-7H3. The number of carbonyl (C=O) groups excluding carboxylic acids is 2. The molecule has 3 aromatic rings. The molecule has 2 aromatic heterocycles. The highest BCUT2D eigenvalue weighted by atomic mass is 16.6. The van der Waals surface area contributed by atoms with Crippen LogP contribution in [-0.2, 0) is 14.3 Å². The summed E-state index contributed by atoms with van der Waals surface area (Å²) in [6.45, 7) is 14.2. The van der Waals surface area contributed by atoms with E-state index in [0.29, 0.717) is 10.9 Å². The van der Waals surface area contributed by atoms with Crippen molar-refractivity contribution in [3.63, 3.8) is 0 Å². The number of ether oxygens (including phenoxy) is 2. The lowest BCUT2D eigenvalue weighted by Gasteiger charge is -2.22. The van der Waals surface area contributed by atoms with E-state index >= 15 is 0 Å². The Kier molecular flexibility index (Phi) is 5.67. The number of hydrogen-bond donors (Lipinski definition) is 2. The summed E-state index contributed by atoms with van der Waals surface area (Å²) in [5.41, 5.74) is -0.204.